The fourth-order valence-corrected chi connectivity index (χ4v) is 4.96. The number of imidazole rings is 1. The van der Waals surface area contributed by atoms with E-state index in [9.17, 15) is 4.79 Å². The number of rotatable bonds is 5. The normalized spacial score (nSPS) is 13.0. The van der Waals surface area contributed by atoms with Gasteiger partial charge in [0.05, 0.1) is 27.8 Å². The van der Waals surface area contributed by atoms with Gasteiger partial charge in [0, 0.05) is 12.6 Å². The molecule has 30 heavy (non-hydrogen) atoms. The van der Waals surface area contributed by atoms with E-state index in [0.29, 0.717) is 5.69 Å². The fourth-order valence-electron chi connectivity index (χ4n) is 3.76. The second kappa shape index (κ2) is 7.85. The van der Waals surface area contributed by atoms with Gasteiger partial charge in [-0.3, -0.25) is 9.36 Å². The zero-order valence-electron chi connectivity index (χ0n) is 18.0. The minimum atomic E-state index is -0.236. The van der Waals surface area contributed by atoms with Crippen LogP contribution in [0.3, 0.4) is 0 Å². The highest BCUT2D eigenvalue weighted by Crippen LogP contribution is 2.39. The third-order valence-corrected chi connectivity index (χ3v) is 7.71. The van der Waals surface area contributed by atoms with Crippen LogP contribution in [0.1, 0.15) is 48.9 Å². The number of benzene rings is 1. The highest BCUT2D eigenvalue weighted by Gasteiger charge is 2.34. The number of thiophene rings is 1. The van der Waals surface area contributed by atoms with E-state index in [1.54, 1.807) is 18.4 Å². The van der Waals surface area contributed by atoms with E-state index >= 15 is 0 Å². The van der Waals surface area contributed by atoms with Crippen LogP contribution in [0.15, 0.2) is 34.1 Å². The summed E-state index contributed by atoms with van der Waals surface area (Å²) in [6, 6.07) is 8.22. The summed E-state index contributed by atoms with van der Waals surface area (Å²) in [5.41, 5.74) is 3.54. The topological polar surface area (TPSA) is 47.4 Å². The first-order chi connectivity index (χ1) is 14.3. The Labute approximate surface area is 189 Å². The molecule has 0 N–H and O–H groups in total. The summed E-state index contributed by atoms with van der Waals surface area (Å²) in [5, 5.41) is 2.04. The Bertz CT molecular complexity index is 1100. The van der Waals surface area contributed by atoms with Crippen molar-refractivity contribution in [1.29, 1.82) is 0 Å². The van der Waals surface area contributed by atoms with Gasteiger partial charge in [-0.05, 0) is 78.2 Å². The van der Waals surface area contributed by atoms with Crippen LogP contribution in [0.25, 0.3) is 16.4 Å². The van der Waals surface area contributed by atoms with E-state index < -0.39 is 0 Å². The first kappa shape index (κ1) is 21.1. The zero-order valence-corrected chi connectivity index (χ0v) is 20.4. The lowest BCUT2D eigenvalue weighted by Gasteiger charge is -2.34. The lowest BCUT2D eigenvalue weighted by molar-refractivity contribution is 0.0613. The maximum absolute atomic E-state index is 13.5. The number of halogens is 1. The van der Waals surface area contributed by atoms with Gasteiger partial charge in [0.15, 0.2) is 11.5 Å². The minimum Gasteiger partial charge on any atom is -0.496 e. The Morgan fingerprint density at radius 3 is 2.77 bits per heavy atom. The molecule has 0 unspecified atom stereocenters. The Morgan fingerprint density at radius 1 is 1.37 bits per heavy atom. The van der Waals surface area contributed by atoms with E-state index in [2.05, 4.69) is 59.5 Å². The third-order valence-electron chi connectivity index (χ3n) is 6.22. The predicted octanol–water partition coefficient (Wildman–Crippen LogP) is 5.73. The smallest absolute Gasteiger partial charge is 0.274 e. The maximum atomic E-state index is 13.5. The molecule has 1 amide bonds. The van der Waals surface area contributed by atoms with Crippen molar-refractivity contribution in [2.24, 2.45) is 0 Å². The number of amides is 1. The van der Waals surface area contributed by atoms with Crippen molar-refractivity contribution >= 4 is 33.2 Å². The summed E-state index contributed by atoms with van der Waals surface area (Å²) in [4.78, 5) is 21.3. The Balaban J connectivity index is 1.93. The van der Waals surface area contributed by atoms with Crippen LogP contribution >= 0.6 is 27.3 Å². The first-order valence-corrected chi connectivity index (χ1v) is 11.8. The fraction of sp³-hybridized carbons (Fsp3) is 0.391. The van der Waals surface area contributed by atoms with Crippen molar-refractivity contribution in [3.05, 3.63) is 51.1 Å². The van der Waals surface area contributed by atoms with Crippen LogP contribution in [0, 0.1) is 0 Å². The molecular weight excluding hydrogens is 462 g/mol. The molecule has 1 aromatic carbocycles. The van der Waals surface area contributed by atoms with Crippen LogP contribution in [-0.4, -0.2) is 40.1 Å². The largest absolute Gasteiger partial charge is 0.496 e. The van der Waals surface area contributed by atoms with Crippen molar-refractivity contribution in [2.45, 2.75) is 45.6 Å². The van der Waals surface area contributed by atoms with E-state index in [4.69, 9.17) is 9.72 Å². The molecule has 2 aromatic heterocycles. The highest BCUT2D eigenvalue weighted by molar-refractivity contribution is 9.10. The highest BCUT2D eigenvalue weighted by atomic mass is 79.9. The van der Waals surface area contributed by atoms with E-state index in [1.165, 1.54) is 5.56 Å². The molecule has 0 fully saturated rings. The molecule has 0 aliphatic carbocycles. The molecule has 0 atom stereocenters. The molecule has 7 heteroatoms. The zero-order chi connectivity index (χ0) is 21.6. The molecule has 0 spiro atoms. The van der Waals surface area contributed by atoms with Gasteiger partial charge in [-0.1, -0.05) is 13.0 Å². The standard InChI is InChI=1S/C23H26BrN3O2S/c1-6-23(2,3)26(4)22(28)20-16-10-9-14-12-18(29-5)15(24)13-17(14)27(16)21(25-20)19-8-7-11-30-19/h7-8,11-13H,6,9-10H2,1-5H3. The van der Waals surface area contributed by atoms with Gasteiger partial charge in [-0.15, -0.1) is 11.3 Å². The van der Waals surface area contributed by atoms with Crippen LogP contribution in [-0.2, 0) is 12.8 Å². The average molecular weight is 488 g/mol. The van der Waals surface area contributed by atoms with E-state index in [0.717, 1.165) is 51.6 Å². The van der Waals surface area contributed by atoms with E-state index in [1.807, 2.05) is 23.4 Å². The van der Waals surface area contributed by atoms with Crippen molar-refractivity contribution in [2.75, 3.05) is 14.2 Å². The van der Waals surface area contributed by atoms with Crippen molar-refractivity contribution in [1.82, 2.24) is 14.5 Å². The Hall–Kier alpha value is -2.12. The molecule has 1 aliphatic heterocycles. The molecular formula is C23H26BrN3O2S. The molecule has 0 saturated carbocycles. The molecule has 158 valence electrons. The SMILES string of the molecule is CCC(C)(C)N(C)C(=O)c1nc(-c2cccs2)n2c1CCc1cc(OC)c(Br)cc1-2. The summed E-state index contributed by atoms with van der Waals surface area (Å²) >= 11 is 5.26. The van der Waals surface area contributed by atoms with Crippen LogP contribution in [0.5, 0.6) is 5.75 Å². The second-order valence-corrected chi connectivity index (χ2v) is 9.99. The number of aryl methyl sites for hydroxylation is 1. The van der Waals surface area contributed by atoms with Crippen LogP contribution < -0.4 is 4.74 Å². The van der Waals surface area contributed by atoms with Crippen molar-refractivity contribution in [3.8, 4) is 22.1 Å². The molecule has 3 heterocycles. The van der Waals surface area contributed by atoms with Gasteiger partial charge in [0.25, 0.3) is 5.91 Å². The maximum Gasteiger partial charge on any atom is 0.274 e. The second-order valence-electron chi connectivity index (χ2n) is 8.19. The quantitative estimate of drug-likeness (QED) is 0.461. The number of aromatic nitrogens is 2. The van der Waals surface area contributed by atoms with Crippen LogP contribution in [0.4, 0.5) is 0 Å². The first-order valence-electron chi connectivity index (χ1n) is 10.1. The molecule has 0 saturated heterocycles. The molecule has 0 bridgehead atoms. The minimum absolute atomic E-state index is 0.0237. The number of carbonyl (C=O) groups is 1. The average Bonchev–Trinajstić information content (AvgIpc) is 3.40. The van der Waals surface area contributed by atoms with Crippen molar-refractivity contribution < 1.29 is 9.53 Å². The summed E-state index contributed by atoms with van der Waals surface area (Å²) < 4.78 is 8.55. The molecule has 4 rings (SSSR count). The van der Waals surface area contributed by atoms with Gasteiger partial charge >= 0.3 is 0 Å². The van der Waals surface area contributed by atoms with E-state index in [-0.39, 0.29) is 11.4 Å². The Kier molecular flexibility index (Phi) is 5.53. The molecule has 5 nitrogen and oxygen atoms in total. The lowest BCUT2D eigenvalue weighted by Crippen LogP contribution is -2.45. The summed E-state index contributed by atoms with van der Waals surface area (Å²) in [6.07, 6.45) is 2.48. The third kappa shape index (κ3) is 3.38. The van der Waals surface area contributed by atoms with Gasteiger partial charge in [0.2, 0.25) is 0 Å². The Morgan fingerprint density at radius 2 is 2.13 bits per heavy atom. The van der Waals surface area contributed by atoms with Gasteiger partial charge in [-0.25, -0.2) is 4.98 Å². The predicted molar refractivity (Wildman–Crippen MR) is 125 cm³/mol. The van der Waals surface area contributed by atoms with Crippen molar-refractivity contribution in [3.63, 3.8) is 0 Å². The number of methoxy groups -OCH3 is 1. The number of carbonyl (C=O) groups excluding carboxylic acids is 1. The van der Waals surface area contributed by atoms with Gasteiger partial charge < -0.3 is 9.64 Å². The van der Waals surface area contributed by atoms with Gasteiger partial charge in [-0.2, -0.15) is 0 Å². The summed E-state index contributed by atoms with van der Waals surface area (Å²) in [6.45, 7) is 6.28. The number of nitrogens with zero attached hydrogens (tertiary/aromatic N) is 3. The molecule has 1 aliphatic rings. The number of hydrogen-bond acceptors (Lipinski definition) is 4. The van der Waals surface area contributed by atoms with Gasteiger partial charge in [0.1, 0.15) is 5.75 Å². The number of fused-ring (bicyclic) bond motifs is 3. The van der Waals surface area contributed by atoms with Crippen LogP contribution in [0.2, 0.25) is 0 Å². The summed E-state index contributed by atoms with van der Waals surface area (Å²) in [7, 11) is 3.55. The number of ether oxygens (including phenoxy) is 1. The monoisotopic (exact) mass is 487 g/mol. The molecule has 3 aromatic rings. The summed E-state index contributed by atoms with van der Waals surface area (Å²) in [5.74, 6) is 1.62. The number of hydrogen-bond donors (Lipinski definition) is 0. The lowest BCUT2D eigenvalue weighted by atomic mass is 9.97. The molecule has 0 radical (unpaired) electrons.